The van der Waals surface area contributed by atoms with Crippen molar-refractivity contribution < 1.29 is 18.3 Å². The van der Waals surface area contributed by atoms with Crippen molar-refractivity contribution in [2.45, 2.75) is 0 Å². The Bertz CT molecular complexity index is 569. The first-order valence-corrected chi connectivity index (χ1v) is 7.29. The van der Waals surface area contributed by atoms with E-state index < -0.39 is 15.8 Å². The second-order valence-electron chi connectivity index (χ2n) is 4.22. The van der Waals surface area contributed by atoms with Crippen LogP contribution in [0, 0.1) is 0 Å². The molecule has 0 aromatic heterocycles. The van der Waals surface area contributed by atoms with Crippen LogP contribution < -0.4 is 10.6 Å². The number of nitrogens with zero attached hydrogens (tertiary/aromatic N) is 1. The van der Waals surface area contributed by atoms with E-state index in [4.69, 9.17) is 10.8 Å². The van der Waals surface area contributed by atoms with Crippen LogP contribution in [0.15, 0.2) is 18.2 Å². The number of nitrogen functional groups attached to an aromatic ring is 1. The Morgan fingerprint density at radius 3 is 2.44 bits per heavy atom. The SMILES string of the molecule is Nc1ccc(C(=O)O)cc1N1CCS(=O)(=O)CC1. The molecular weight excluding hydrogens is 256 g/mol. The molecule has 2 rings (SSSR count). The van der Waals surface area contributed by atoms with Gasteiger partial charge in [0.1, 0.15) is 0 Å². The lowest BCUT2D eigenvalue weighted by atomic mass is 10.1. The molecule has 7 heteroatoms. The zero-order valence-corrected chi connectivity index (χ0v) is 10.5. The fourth-order valence-corrected chi connectivity index (χ4v) is 3.11. The van der Waals surface area contributed by atoms with E-state index in [0.29, 0.717) is 24.5 Å². The lowest BCUT2D eigenvalue weighted by molar-refractivity contribution is 0.0697. The quantitative estimate of drug-likeness (QED) is 0.745. The van der Waals surface area contributed by atoms with E-state index in [1.54, 1.807) is 0 Å². The van der Waals surface area contributed by atoms with E-state index >= 15 is 0 Å². The molecule has 0 spiro atoms. The summed E-state index contributed by atoms with van der Waals surface area (Å²) in [6.07, 6.45) is 0. The van der Waals surface area contributed by atoms with E-state index in [9.17, 15) is 13.2 Å². The number of carboxylic acid groups (broad SMARTS) is 1. The van der Waals surface area contributed by atoms with Crippen LogP contribution in [-0.2, 0) is 9.84 Å². The number of rotatable bonds is 2. The summed E-state index contributed by atoms with van der Waals surface area (Å²) in [6, 6.07) is 4.44. The normalized spacial score (nSPS) is 18.6. The molecular formula is C11H14N2O4S. The third kappa shape index (κ3) is 2.56. The van der Waals surface area contributed by atoms with Crippen LogP contribution >= 0.6 is 0 Å². The maximum atomic E-state index is 11.3. The molecule has 1 saturated heterocycles. The van der Waals surface area contributed by atoms with Gasteiger partial charge in [-0.3, -0.25) is 0 Å². The minimum atomic E-state index is -2.96. The van der Waals surface area contributed by atoms with E-state index in [-0.39, 0.29) is 17.1 Å². The average Bonchev–Trinajstić information content (AvgIpc) is 2.30. The Labute approximate surface area is 105 Å². The Morgan fingerprint density at radius 1 is 1.28 bits per heavy atom. The van der Waals surface area contributed by atoms with Crippen molar-refractivity contribution in [3.05, 3.63) is 23.8 Å². The molecule has 18 heavy (non-hydrogen) atoms. The van der Waals surface area contributed by atoms with Crippen LogP contribution in [0.4, 0.5) is 11.4 Å². The first-order chi connectivity index (χ1) is 8.39. The third-order valence-corrected chi connectivity index (χ3v) is 4.57. The van der Waals surface area contributed by atoms with E-state index in [1.165, 1.54) is 18.2 Å². The molecule has 0 radical (unpaired) electrons. The number of carbonyl (C=O) groups is 1. The maximum absolute atomic E-state index is 11.3. The van der Waals surface area contributed by atoms with Gasteiger partial charge in [-0.2, -0.15) is 0 Å². The number of hydrogen-bond acceptors (Lipinski definition) is 5. The molecule has 0 bridgehead atoms. The van der Waals surface area contributed by atoms with Gasteiger partial charge in [0.15, 0.2) is 9.84 Å². The van der Waals surface area contributed by atoms with Crippen molar-refractivity contribution in [3.63, 3.8) is 0 Å². The van der Waals surface area contributed by atoms with Gasteiger partial charge in [0.25, 0.3) is 0 Å². The van der Waals surface area contributed by atoms with Crippen LogP contribution in [0.25, 0.3) is 0 Å². The van der Waals surface area contributed by atoms with Gasteiger partial charge in [0, 0.05) is 13.1 Å². The van der Waals surface area contributed by atoms with Crippen LogP contribution in [0.3, 0.4) is 0 Å². The monoisotopic (exact) mass is 270 g/mol. The Hall–Kier alpha value is -1.76. The van der Waals surface area contributed by atoms with Crippen molar-refractivity contribution >= 4 is 27.2 Å². The van der Waals surface area contributed by atoms with Gasteiger partial charge in [-0.15, -0.1) is 0 Å². The number of hydrogen-bond donors (Lipinski definition) is 2. The molecule has 1 fully saturated rings. The molecule has 0 atom stereocenters. The number of carboxylic acids is 1. The third-order valence-electron chi connectivity index (χ3n) is 2.96. The average molecular weight is 270 g/mol. The minimum absolute atomic E-state index is 0.0732. The molecule has 1 aliphatic heterocycles. The Kier molecular flexibility index (Phi) is 3.16. The molecule has 0 aliphatic carbocycles. The minimum Gasteiger partial charge on any atom is -0.478 e. The van der Waals surface area contributed by atoms with Gasteiger partial charge in [-0.25, -0.2) is 13.2 Å². The highest BCUT2D eigenvalue weighted by molar-refractivity contribution is 7.91. The second-order valence-corrected chi connectivity index (χ2v) is 6.52. The van der Waals surface area contributed by atoms with Gasteiger partial charge in [0.2, 0.25) is 0 Å². The molecule has 0 saturated carbocycles. The van der Waals surface area contributed by atoms with Gasteiger partial charge in [-0.05, 0) is 18.2 Å². The van der Waals surface area contributed by atoms with Crippen molar-refractivity contribution in [3.8, 4) is 0 Å². The van der Waals surface area contributed by atoms with Crippen molar-refractivity contribution in [2.75, 3.05) is 35.2 Å². The zero-order valence-electron chi connectivity index (χ0n) is 9.67. The summed E-state index contributed by atoms with van der Waals surface area (Å²) in [5, 5.41) is 8.93. The summed E-state index contributed by atoms with van der Waals surface area (Å²) in [5.74, 6) is -0.881. The van der Waals surface area contributed by atoms with E-state index in [0.717, 1.165) is 0 Å². The Morgan fingerprint density at radius 2 is 1.89 bits per heavy atom. The summed E-state index contributed by atoms with van der Waals surface area (Å²) in [4.78, 5) is 12.7. The van der Waals surface area contributed by atoms with Crippen molar-refractivity contribution in [1.29, 1.82) is 0 Å². The van der Waals surface area contributed by atoms with Crippen LogP contribution in [0.5, 0.6) is 0 Å². The first kappa shape index (κ1) is 12.7. The molecule has 1 aliphatic rings. The maximum Gasteiger partial charge on any atom is 0.335 e. The van der Waals surface area contributed by atoms with Gasteiger partial charge >= 0.3 is 5.97 Å². The van der Waals surface area contributed by atoms with Gasteiger partial charge < -0.3 is 15.7 Å². The highest BCUT2D eigenvalue weighted by atomic mass is 32.2. The molecule has 98 valence electrons. The molecule has 3 N–H and O–H groups in total. The molecule has 1 aromatic rings. The van der Waals surface area contributed by atoms with Gasteiger partial charge in [0.05, 0.1) is 28.4 Å². The highest BCUT2D eigenvalue weighted by Gasteiger charge is 2.23. The van der Waals surface area contributed by atoms with Crippen LogP contribution in [-0.4, -0.2) is 44.1 Å². The number of sulfone groups is 1. The first-order valence-electron chi connectivity index (χ1n) is 5.47. The summed E-state index contributed by atoms with van der Waals surface area (Å²) in [7, 11) is -2.96. The van der Waals surface area contributed by atoms with Crippen LogP contribution in [0.2, 0.25) is 0 Å². The highest BCUT2D eigenvalue weighted by Crippen LogP contribution is 2.26. The lowest BCUT2D eigenvalue weighted by Crippen LogP contribution is -2.40. The fourth-order valence-electron chi connectivity index (χ4n) is 1.90. The molecule has 0 amide bonds. The van der Waals surface area contributed by atoms with Crippen molar-refractivity contribution in [1.82, 2.24) is 0 Å². The largest absolute Gasteiger partial charge is 0.478 e. The number of nitrogens with two attached hydrogens (primary N) is 1. The van der Waals surface area contributed by atoms with Crippen LogP contribution in [0.1, 0.15) is 10.4 Å². The zero-order chi connectivity index (χ0) is 13.3. The summed E-state index contributed by atoms with van der Waals surface area (Å²) < 4.78 is 22.7. The summed E-state index contributed by atoms with van der Waals surface area (Å²) in [5.41, 5.74) is 7.00. The lowest BCUT2D eigenvalue weighted by Gasteiger charge is -2.29. The molecule has 1 heterocycles. The predicted molar refractivity (Wildman–Crippen MR) is 68.7 cm³/mol. The standard InChI is InChI=1S/C11H14N2O4S/c12-9-2-1-8(11(14)15)7-10(9)13-3-5-18(16,17)6-4-13/h1-2,7H,3-6,12H2,(H,14,15). The van der Waals surface area contributed by atoms with Crippen molar-refractivity contribution in [2.24, 2.45) is 0 Å². The summed E-state index contributed by atoms with van der Waals surface area (Å²) >= 11 is 0. The second kappa shape index (κ2) is 4.49. The molecule has 1 aromatic carbocycles. The van der Waals surface area contributed by atoms with E-state index in [2.05, 4.69) is 0 Å². The van der Waals surface area contributed by atoms with Gasteiger partial charge in [-0.1, -0.05) is 0 Å². The number of anilines is 2. The number of benzene rings is 1. The smallest absolute Gasteiger partial charge is 0.335 e. The summed E-state index contributed by atoms with van der Waals surface area (Å²) in [6.45, 7) is 0.686. The predicted octanol–water partition coefficient (Wildman–Crippen LogP) is 0.202. The van der Waals surface area contributed by atoms with E-state index in [1.807, 2.05) is 4.90 Å². The topological polar surface area (TPSA) is 101 Å². The fraction of sp³-hybridized carbons (Fsp3) is 0.364. The Balaban J connectivity index is 2.28. The molecule has 6 nitrogen and oxygen atoms in total. The number of aromatic carboxylic acids is 1. The molecule has 0 unspecified atom stereocenters.